The Bertz CT molecular complexity index is 2030. The Morgan fingerprint density at radius 3 is 1.97 bits per heavy atom. The highest BCUT2D eigenvalue weighted by atomic mass is 32.2. The molecule has 1 aliphatic heterocycles. The van der Waals surface area contributed by atoms with E-state index >= 15 is 0 Å². The van der Waals surface area contributed by atoms with Gasteiger partial charge < -0.3 is 4.98 Å². The summed E-state index contributed by atoms with van der Waals surface area (Å²) < 4.78 is 0. The summed E-state index contributed by atoms with van der Waals surface area (Å²) in [6, 6.07) is 45.1. The van der Waals surface area contributed by atoms with E-state index in [1.807, 2.05) is 11.8 Å². The molecule has 172 valence electrons. The molecule has 7 aromatic rings. The topological polar surface area (TPSA) is 15.8 Å². The molecule has 37 heavy (non-hydrogen) atoms. The number of nitrogens with one attached hydrogen (secondary N) is 1. The van der Waals surface area contributed by atoms with Crippen LogP contribution in [0.2, 0.25) is 0 Å². The van der Waals surface area contributed by atoms with Gasteiger partial charge in [-0.05, 0) is 74.5 Å². The number of fused-ring (bicyclic) bond motifs is 14. The van der Waals surface area contributed by atoms with E-state index in [0.29, 0.717) is 0 Å². The molecule has 0 bridgehead atoms. The molecule has 2 heterocycles. The lowest BCUT2D eigenvalue weighted by Gasteiger charge is -2.39. The number of hydrogen-bond acceptors (Lipinski definition) is 1. The summed E-state index contributed by atoms with van der Waals surface area (Å²) in [5.41, 5.74) is 10.3. The highest BCUT2D eigenvalue weighted by molar-refractivity contribution is 7.99. The number of aromatic amines is 1. The third kappa shape index (κ3) is 2.37. The lowest BCUT2D eigenvalue weighted by molar-refractivity contribution is 0.723. The van der Waals surface area contributed by atoms with Crippen molar-refractivity contribution in [2.75, 3.05) is 0 Å². The fraction of sp³-hybridized carbons (Fsp3) is 0.0286. The normalized spacial score (nSPS) is 14.6. The molecule has 1 N–H and O–H groups in total. The van der Waals surface area contributed by atoms with Gasteiger partial charge >= 0.3 is 0 Å². The van der Waals surface area contributed by atoms with Gasteiger partial charge in [0.1, 0.15) is 0 Å². The van der Waals surface area contributed by atoms with Crippen molar-refractivity contribution in [1.82, 2.24) is 4.98 Å². The molecule has 1 aliphatic carbocycles. The second-order valence-electron chi connectivity index (χ2n) is 10.2. The van der Waals surface area contributed by atoms with Gasteiger partial charge in [-0.3, -0.25) is 0 Å². The number of aromatic nitrogens is 1. The Morgan fingerprint density at radius 1 is 0.486 bits per heavy atom. The van der Waals surface area contributed by atoms with Crippen LogP contribution in [0.4, 0.5) is 0 Å². The van der Waals surface area contributed by atoms with Gasteiger partial charge in [-0.1, -0.05) is 103 Å². The average molecular weight is 488 g/mol. The van der Waals surface area contributed by atoms with Crippen LogP contribution < -0.4 is 0 Å². The molecule has 1 nitrogen and oxygen atoms in total. The molecule has 0 radical (unpaired) electrons. The molecule has 0 fully saturated rings. The quantitative estimate of drug-likeness (QED) is 0.225. The summed E-state index contributed by atoms with van der Waals surface area (Å²) in [7, 11) is 0. The van der Waals surface area contributed by atoms with E-state index in [2.05, 4.69) is 126 Å². The molecule has 0 saturated heterocycles. The number of rotatable bonds is 0. The second-order valence-corrected chi connectivity index (χ2v) is 11.3. The van der Waals surface area contributed by atoms with Crippen LogP contribution in [-0.4, -0.2) is 4.98 Å². The third-order valence-corrected chi connectivity index (χ3v) is 9.60. The zero-order chi connectivity index (χ0) is 24.1. The summed E-state index contributed by atoms with van der Waals surface area (Å²) in [6.45, 7) is 0. The molecule has 9 rings (SSSR count). The Hall–Kier alpha value is -4.27. The van der Waals surface area contributed by atoms with E-state index in [1.165, 1.54) is 75.7 Å². The van der Waals surface area contributed by atoms with Crippen LogP contribution >= 0.6 is 11.8 Å². The monoisotopic (exact) mass is 487 g/mol. The number of H-pyrrole nitrogens is 1. The zero-order valence-electron chi connectivity index (χ0n) is 20.0. The van der Waals surface area contributed by atoms with Crippen molar-refractivity contribution in [3.05, 3.63) is 144 Å². The minimum atomic E-state index is -0.335. The first-order valence-electron chi connectivity index (χ1n) is 12.8. The average Bonchev–Trinajstić information content (AvgIpc) is 3.46. The minimum Gasteiger partial charge on any atom is -0.354 e. The van der Waals surface area contributed by atoms with Crippen LogP contribution in [0.1, 0.15) is 22.3 Å². The van der Waals surface area contributed by atoms with E-state index in [1.54, 1.807) is 0 Å². The first-order chi connectivity index (χ1) is 18.3. The molecule has 1 aromatic heterocycles. The van der Waals surface area contributed by atoms with Gasteiger partial charge in [-0.2, -0.15) is 0 Å². The second kappa shape index (κ2) is 6.94. The maximum absolute atomic E-state index is 3.79. The van der Waals surface area contributed by atoms with Crippen molar-refractivity contribution in [3.8, 4) is 11.1 Å². The first kappa shape index (κ1) is 19.9. The Labute approximate surface area is 218 Å². The number of benzene rings is 6. The predicted molar refractivity (Wildman–Crippen MR) is 155 cm³/mol. The Morgan fingerprint density at radius 2 is 1.16 bits per heavy atom. The van der Waals surface area contributed by atoms with E-state index in [-0.39, 0.29) is 5.41 Å². The molecule has 0 unspecified atom stereocenters. The van der Waals surface area contributed by atoms with Crippen LogP contribution in [0.25, 0.3) is 43.7 Å². The molecule has 1 spiro atoms. The van der Waals surface area contributed by atoms with Crippen molar-refractivity contribution in [2.24, 2.45) is 0 Å². The largest absolute Gasteiger partial charge is 0.354 e. The van der Waals surface area contributed by atoms with Crippen molar-refractivity contribution in [1.29, 1.82) is 0 Å². The summed E-state index contributed by atoms with van der Waals surface area (Å²) in [4.78, 5) is 6.47. The fourth-order valence-corrected chi connectivity index (χ4v) is 8.21. The SMILES string of the molecule is c1ccc2c(c1)Sc1ccccc1C21c2ccccc2-c2cc3c(cc21)[nH]c1ccc2ccccc2c13. The Kier molecular flexibility index (Phi) is 3.72. The minimum absolute atomic E-state index is 0.335. The number of hydrogen-bond donors (Lipinski definition) is 1. The fourth-order valence-electron chi connectivity index (χ4n) is 7.02. The highest BCUT2D eigenvalue weighted by Gasteiger charge is 2.50. The molecular formula is C35H21NS. The van der Waals surface area contributed by atoms with E-state index in [9.17, 15) is 0 Å². The zero-order valence-corrected chi connectivity index (χ0v) is 20.8. The van der Waals surface area contributed by atoms with Gasteiger partial charge in [0, 0.05) is 31.6 Å². The predicted octanol–water partition coefficient (Wildman–Crippen LogP) is 9.30. The molecule has 2 aliphatic rings. The van der Waals surface area contributed by atoms with Gasteiger partial charge in [0.2, 0.25) is 0 Å². The maximum Gasteiger partial charge on any atom is 0.0736 e. The summed E-state index contributed by atoms with van der Waals surface area (Å²) >= 11 is 1.89. The molecule has 0 saturated carbocycles. The van der Waals surface area contributed by atoms with Crippen LogP contribution in [0.15, 0.2) is 131 Å². The van der Waals surface area contributed by atoms with Crippen LogP contribution in [0.5, 0.6) is 0 Å². The van der Waals surface area contributed by atoms with Gasteiger partial charge in [0.05, 0.1) is 5.41 Å². The molecular weight excluding hydrogens is 466 g/mol. The molecule has 6 aromatic carbocycles. The van der Waals surface area contributed by atoms with E-state index < -0.39 is 0 Å². The summed E-state index contributed by atoms with van der Waals surface area (Å²) in [5, 5.41) is 5.19. The maximum atomic E-state index is 3.79. The van der Waals surface area contributed by atoms with E-state index in [0.717, 1.165) is 0 Å². The molecule has 0 atom stereocenters. The van der Waals surface area contributed by atoms with Gasteiger partial charge in [0.25, 0.3) is 0 Å². The smallest absolute Gasteiger partial charge is 0.0736 e. The van der Waals surface area contributed by atoms with Gasteiger partial charge in [-0.15, -0.1) is 0 Å². The van der Waals surface area contributed by atoms with Gasteiger partial charge in [0.15, 0.2) is 0 Å². The van der Waals surface area contributed by atoms with Crippen molar-refractivity contribution < 1.29 is 0 Å². The van der Waals surface area contributed by atoms with E-state index in [4.69, 9.17) is 0 Å². The molecule has 2 heteroatoms. The summed E-state index contributed by atoms with van der Waals surface area (Å²) in [6.07, 6.45) is 0. The van der Waals surface area contributed by atoms with Crippen molar-refractivity contribution >= 4 is 44.3 Å². The van der Waals surface area contributed by atoms with Crippen molar-refractivity contribution in [3.63, 3.8) is 0 Å². The summed E-state index contributed by atoms with van der Waals surface area (Å²) in [5.74, 6) is 0. The first-order valence-corrected chi connectivity index (χ1v) is 13.6. The lowest BCUT2D eigenvalue weighted by atomic mass is 9.67. The third-order valence-electron chi connectivity index (χ3n) is 8.45. The lowest BCUT2D eigenvalue weighted by Crippen LogP contribution is -2.31. The highest BCUT2D eigenvalue weighted by Crippen LogP contribution is 2.62. The van der Waals surface area contributed by atoms with Crippen LogP contribution in [0, 0.1) is 0 Å². The van der Waals surface area contributed by atoms with Gasteiger partial charge in [-0.25, -0.2) is 0 Å². The van der Waals surface area contributed by atoms with Crippen LogP contribution in [-0.2, 0) is 5.41 Å². The standard InChI is InChI=1S/C35H21NS/c1-2-10-22-21(9-1)17-18-30-34(22)25-19-24-23-11-3-4-12-26(23)35(29(24)20-31(25)36-30)27-13-5-7-15-32(27)37-33-16-8-6-14-28(33)35/h1-20,36H. The molecule has 0 amide bonds. The van der Waals surface area contributed by atoms with Crippen LogP contribution in [0.3, 0.4) is 0 Å². The van der Waals surface area contributed by atoms with Crippen molar-refractivity contribution in [2.45, 2.75) is 15.2 Å². The Balaban J connectivity index is 1.49.